The first kappa shape index (κ1) is 20.7. The molecule has 0 atom stereocenters. The Labute approximate surface area is 191 Å². The number of ether oxygens (including phenoxy) is 1. The van der Waals surface area contributed by atoms with E-state index in [-0.39, 0.29) is 0 Å². The molecule has 1 heterocycles. The number of aliphatic imine (C=N–C) groups is 1. The topological polar surface area (TPSA) is 21.6 Å². The summed E-state index contributed by atoms with van der Waals surface area (Å²) in [5.74, 6) is 0.794. The predicted molar refractivity (Wildman–Crippen MR) is 129 cm³/mol. The quantitative estimate of drug-likeness (QED) is 0.380. The van der Waals surface area contributed by atoms with E-state index in [9.17, 15) is 0 Å². The molecule has 0 saturated heterocycles. The van der Waals surface area contributed by atoms with Crippen molar-refractivity contribution in [3.05, 3.63) is 99.0 Å². The van der Waals surface area contributed by atoms with Gasteiger partial charge in [-0.3, -0.25) is 4.99 Å². The van der Waals surface area contributed by atoms with Crippen LogP contribution >= 0.6 is 34.8 Å². The fourth-order valence-electron chi connectivity index (χ4n) is 3.29. The van der Waals surface area contributed by atoms with Crippen molar-refractivity contribution in [3.8, 4) is 16.9 Å². The second-order valence-corrected chi connectivity index (χ2v) is 8.10. The summed E-state index contributed by atoms with van der Waals surface area (Å²) in [6.07, 6.45) is 6.92. The summed E-state index contributed by atoms with van der Waals surface area (Å²) in [5.41, 5.74) is 5.85. The molecular formula is C25H18Cl3NO. The maximum Gasteiger partial charge on any atom is 0.126 e. The fraction of sp³-hybridized carbons (Fsp3) is 0.0800. The minimum atomic E-state index is 0.606. The number of rotatable bonds is 5. The van der Waals surface area contributed by atoms with Crippen molar-refractivity contribution >= 4 is 52.3 Å². The highest BCUT2D eigenvalue weighted by Gasteiger charge is 2.12. The fourth-order valence-corrected chi connectivity index (χ4v) is 3.97. The minimum absolute atomic E-state index is 0.606. The second kappa shape index (κ2) is 9.09. The van der Waals surface area contributed by atoms with E-state index >= 15 is 0 Å². The Bertz CT molecular complexity index is 1180. The Morgan fingerprint density at radius 1 is 0.833 bits per heavy atom. The molecule has 1 aliphatic heterocycles. The average Bonchev–Trinajstić information content (AvgIpc) is 3.21. The smallest absolute Gasteiger partial charge is 0.126 e. The van der Waals surface area contributed by atoms with E-state index in [0.29, 0.717) is 15.1 Å². The number of hydrogen-bond acceptors (Lipinski definition) is 2. The van der Waals surface area contributed by atoms with Crippen LogP contribution in [0.15, 0.2) is 77.8 Å². The highest BCUT2D eigenvalue weighted by atomic mass is 35.5. The average molecular weight is 455 g/mol. The molecule has 4 rings (SSSR count). The van der Waals surface area contributed by atoms with Crippen LogP contribution in [0.2, 0.25) is 15.1 Å². The number of halogens is 3. The Morgan fingerprint density at radius 3 is 2.30 bits per heavy atom. The molecule has 0 amide bonds. The third-order valence-corrected chi connectivity index (χ3v) is 5.61. The van der Waals surface area contributed by atoms with Crippen molar-refractivity contribution in [3.63, 3.8) is 0 Å². The van der Waals surface area contributed by atoms with E-state index < -0.39 is 0 Å². The Balaban J connectivity index is 1.50. The lowest BCUT2D eigenvalue weighted by Crippen LogP contribution is -1.88. The van der Waals surface area contributed by atoms with Crippen molar-refractivity contribution in [1.82, 2.24) is 0 Å². The van der Waals surface area contributed by atoms with Crippen LogP contribution < -0.4 is 4.74 Å². The highest BCUT2D eigenvalue weighted by Crippen LogP contribution is 2.33. The molecule has 0 fully saturated rings. The number of allylic oxidation sites excluding steroid dienone is 2. The molecule has 0 saturated carbocycles. The van der Waals surface area contributed by atoms with Crippen molar-refractivity contribution < 1.29 is 4.74 Å². The van der Waals surface area contributed by atoms with Gasteiger partial charge in [-0.25, -0.2) is 0 Å². The lowest BCUT2D eigenvalue weighted by Gasteiger charge is -2.09. The molecule has 1 aliphatic rings. The number of hydrogen-bond donors (Lipinski definition) is 0. The summed E-state index contributed by atoms with van der Waals surface area (Å²) in [5, 5.41) is 1.90. The zero-order chi connectivity index (χ0) is 21.1. The Morgan fingerprint density at radius 2 is 1.57 bits per heavy atom. The SMILES string of the molecule is COc1ccc(Cl)cc1-c1ccc(/C=C/C2=NC(c3ccc(Cl)cc3Cl)=CC2)cc1. The normalized spacial score (nSPS) is 13.5. The largest absolute Gasteiger partial charge is 0.496 e. The summed E-state index contributed by atoms with van der Waals surface area (Å²) < 4.78 is 5.45. The molecule has 3 aromatic rings. The van der Waals surface area contributed by atoms with Gasteiger partial charge in [-0.2, -0.15) is 0 Å². The molecule has 3 aromatic carbocycles. The van der Waals surface area contributed by atoms with E-state index in [1.807, 2.05) is 36.4 Å². The van der Waals surface area contributed by atoms with Gasteiger partial charge >= 0.3 is 0 Å². The Kier molecular flexibility index (Phi) is 6.29. The van der Waals surface area contributed by atoms with Crippen molar-refractivity contribution in [2.45, 2.75) is 6.42 Å². The van der Waals surface area contributed by atoms with Gasteiger partial charge in [0.25, 0.3) is 0 Å². The number of methoxy groups -OCH3 is 1. The first-order chi connectivity index (χ1) is 14.5. The predicted octanol–water partition coefficient (Wildman–Crippen LogP) is 8.22. The van der Waals surface area contributed by atoms with Crippen LogP contribution in [0.3, 0.4) is 0 Å². The van der Waals surface area contributed by atoms with E-state index in [4.69, 9.17) is 44.5 Å². The van der Waals surface area contributed by atoms with Crippen LogP contribution in [-0.2, 0) is 0 Å². The van der Waals surface area contributed by atoms with Gasteiger partial charge in [0.2, 0.25) is 0 Å². The van der Waals surface area contributed by atoms with E-state index in [1.165, 1.54) is 0 Å². The molecule has 0 aliphatic carbocycles. The highest BCUT2D eigenvalue weighted by molar-refractivity contribution is 6.35. The van der Waals surface area contributed by atoms with E-state index in [1.54, 1.807) is 13.2 Å². The maximum absolute atomic E-state index is 6.30. The maximum atomic E-state index is 6.30. The summed E-state index contributed by atoms with van der Waals surface area (Å²) >= 11 is 18.4. The van der Waals surface area contributed by atoms with Crippen LogP contribution in [0.25, 0.3) is 22.9 Å². The van der Waals surface area contributed by atoms with Crippen LogP contribution in [0.5, 0.6) is 5.75 Å². The molecule has 0 unspecified atom stereocenters. The molecule has 2 nitrogen and oxygen atoms in total. The molecule has 0 radical (unpaired) electrons. The number of nitrogens with zero attached hydrogens (tertiary/aromatic N) is 1. The van der Waals surface area contributed by atoms with Gasteiger partial charge in [0.1, 0.15) is 5.75 Å². The van der Waals surface area contributed by atoms with Crippen molar-refractivity contribution in [2.75, 3.05) is 7.11 Å². The molecular weight excluding hydrogens is 437 g/mol. The van der Waals surface area contributed by atoms with Gasteiger partial charge in [0.05, 0.1) is 17.8 Å². The van der Waals surface area contributed by atoms with Gasteiger partial charge in [-0.15, -0.1) is 0 Å². The van der Waals surface area contributed by atoms with Gasteiger partial charge in [0.15, 0.2) is 0 Å². The summed E-state index contributed by atoms with van der Waals surface area (Å²) in [6.45, 7) is 0. The summed E-state index contributed by atoms with van der Waals surface area (Å²) in [6, 6.07) is 19.3. The third kappa shape index (κ3) is 4.62. The summed E-state index contributed by atoms with van der Waals surface area (Å²) in [7, 11) is 1.66. The van der Waals surface area contributed by atoms with E-state index in [0.717, 1.165) is 45.8 Å². The van der Waals surface area contributed by atoms with Crippen LogP contribution in [0, 0.1) is 0 Å². The van der Waals surface area contributed by atoms with Crippen molar-refractivity contribution in [1.29, 1.82) is 0 Å². The van der Waals surface area contributed by atoms with Gasteiger partial charge in [-0.05, 0) is 53.6 Å². The van der Waals surface area contributed by atoms with E-state index in [2.05, 4.69) is 36.4 Å². The zero-order valence-corrected chi connectivity index (χ0v) is 18.5. The molecule has 150 valence electrons. The molecule has 0 N–H and O–H groups in total. The van der Waals surface area contributed by atoms with Crippen molar-refractivity contribution in [2.24, 2.45) is 4.99 Å². The Hall–Kier alpha value is -2.52. The minimum Gasteiger partial charge on any atom is -0.496 e. The van der Waals surface area contributed by atoms with Gasteiger partial charge in [0, 0.05) is 33.3 Å². The van der Waals surface area contributed by atoms with Crippen LogP contribution in [-0.4, -0.2) is 12.8 Å². The molecule has 5 heteroatoms. The third-order valence-electron chi connectivity index (χ3n) is 4.83. The first-order valence-electron chi connectivity index (χ1n) is 9.39. The van der Waals surface area contributed by atoms with Crippen LogP contribution in [0.4, 0.5) is 0 Å². The first-order valence-corrected chi connectivity index (χ1v) is 10.5. The van der Waals surface area contributed by atoms with Gasteiger partial charge < -0.3 is 4.74 Å². The molecule has 0 aromatic heterocycles. The monoisotopic (exact) mass is 453 g/mol. The second-order valence-electron chi connectivity index (χ2n) is 6.82. The lowest BCUT2D eigenvalue weighted by atomic mass is 10.0. The molecule has 0 bridgehead atoms. The standard InChI is InChI=1S/C25H18Cl3NO/c1-30-25-13-8-18(26)14-22(25)17-5-2-16(3-6-17)4-9-20-10-12-24(29-20)21-11-7-19(27)15-23(21)28/h2-9,11-15H,10H2,1H3/b9-4+. The zero-order valence-electron chi connectivity index (χ0n) is 16.2. The molecule has 0 spiro atoms. The van der Waals surface area contributed by atoms with Crippen LogP contribution in [0.1, 0.15) is 17.5 Å². The molecule has 30 heavy (non-hydrogen) atoms. The summed E-state index contributed by atoms with van der Waals surface area (Å²) in [4.78, 5) is 4.69. The number of benzene rings is 3. The lowest BCUT2D eigenvalue weighted by molar-refractivity contribution is 0.416. The van der Waals surface area contributed by atoms with Gasteiger partial charge in [-0.1, -0.05) is 71.2 Å².